The Morgan fingerprint density at radius 1 is 1.62 bits per heavy atom. The van der Waals surface area contributed by atoms with Gasteiger partial charge in [-0.25, -0.2) is 4.98 Å². The molecule has 0 aliphatic carbocycles. The van der Waals surface area contributed by atoms with Crippen LogP contribution in [0.2, 0.25) is 0 Å². The average molecular weight is 175 g/mol. The van der Waals surface area contributed by atoms with E-state index in [2.05, 4.69) is 16.8 Å². The molecule has 1 aromatic rings. The Bertz CT molecular complexity index is 374. The van der Waals surface area contributed by atoms with Crippen molar-refractivity contribution in [2.45, 2.75) is 13.3 Å². The predicted molar refractivity (Wildman–Crippen MR) is 48.2 cm³/mol. The molecular weight excluding hydrogens is 166 g/mol. The van der Waals surface area contributed by atoms with Crippen LogP contribution in [0.4, 0.5) is 0 Å². The van der Waals surface area contributed by atoms with Crippen LogP contribution < -0.4 is 0 Å². The van der Waals surface area contributed by atoms with Gasteiger partial charge in [0.1, 0.15) is 12.0 Å². The van der Waals surface area contributed by atoms with Crippen LogP contribution in [-0.2, 0) is 4.79 Å². The summed E-state index contributed by atoms with van der Waals surface area (Å²) in [6.07, 6.45) is 0.870. The molecule has 0 amide bonds. The number of carbonyl (C=O) groups is 1. The molecule has 1 aromatic heterocycles. The molecule has 0 saturated carbocycles. The van der Waals surface area contributed by atoms with E-state index in [4.69, 9.17) is 0 Å². The largest absolute Gasteiger partial charge is 0.505 e. The molecule has 13 heavy (non-hydrogen) atoms. The van der Waals surface area contributed by atoms with Gasteiger partial charge in [0.05, 0.1) is 6.42 Å². The fraction of sp³-hybridized carbons (Fsp3) is 0.200. The highest BCUT2D eigenvalue weighted by molar-refractivity contribution is 5.55. The van der Waals surface area contributed by atoms with Gasteiger partial charge >= 0.3 is 0 Å². The Balaban J connectivity index is 2.95. The van der Waals surface area contributed by atoms with Crippen molar-refractivity contribution < 1.29 is 9.90 Å². The van der Waals surface area contributed by atoms with Gasteiger partial charge in [0.25, 0.3) is 0 Å². The molecule has 0 aromatic carbocycles. The Morgan fingerprint density at radius 2 is 2.38 bits per heavy atom. The Hall–Kier alpha value is -1.82. The van der Waals surface area contributed by atoms with Crippen LogP contribution in [0.25, 0.3) is 0 Å². The number of pyridine rings is 1. The topological polar surface area (TPSA) is 50.2 Å². The fourth-order valence-corrected chi connectivity index (χ4v) is 0.818. The molecule has 0 aliphatic rings. The Kier molecular flexibility index (Phi) is 3.04. The zero-order valence-electron chi connectivity index (χ0n) is 7.24. The predicted octanol–water partition coefficient (Wildman–Crippen LogP) is 1.04. The summed E-state index contributed by atoms with van der Waals surface area (Å²) in [7, 11) is 0. The number of rotatable bonds is 1. The minimum atomic E-state index is 0.0454. The number of aromatic nitrogens is 1. The number of aldehydes is 1. The molecule has 1 N–H and O–H groups in total. The van der Waals surface area contributed by atoms with Crippen LogP contribution in [0.3, 0.4) is 0 Å². The fourth-order valence-electron chi connectivity index (χ4n) is 0.818. The van der Waals surface area contributed by atoms with Crippen LogP contribution in [-0.4, -0.2) is 16.4 Å². The van der Waals surface area contributed by atoms with Crippen molar-refractivity contribution in [1.29, 1.82) is 0 Å². The van der Waals surface area contributed by atoms with E-state index < -0.39 is 0 Å². The van der Waals surface area contributed by atoms with E-state index in [1.165, 1.54) is 6.07 Å². The van der Waals surface area contributed by atoms with E-state index in [0.717, 1.165) is 5.69 Å². The van der Waals surface area contributed by atoms with E-state index in [1.54, 1.807) is 6.07 Å². The van der Waals surface area contributed by atoms with E-state index in [0.29, 0.717) is 12.0 Å². The normalized spacial score (nSPS) is 8.69. The first kappa shape index (κ1) is 9.27. The molecule has 66 valence electrons. The monoisotopic (exact) mass is 175 g/mol. The second kappa shape index (κ2) is 4.27. The quantitative estimate of drug-likeness (QED) is 0.512. The van der Waals surface area contributed by atoms with Crippen LogP contribution in [0, 0.1) is 18.8 Å². The minimum Gasteiger partial charge on any atom is -0.505 e. The molecule has 0 fully saturated rings. The van der Waals surface area contributed by atoms with Crippen molar-refractivity contribution in [3.63, 3.8) is 0 Å². The van der Waals surface area contributed by atoms with Gasteiger partial charge in [-0.1, -0.05) is 5.92 Å². The second-order valence-corrected chi connectivity index (χ2v) is 2.49. The summed E-state index contributed by atoms with van der Waals surface area (Å²) in [5.74, 6) is 5.24. The minimum absolute atomic E-state index is 0.0454. The number of carbonyl (C=O) groups excluding carboxylic acids is 1. The van der Waals surface area contributed by atoms with Crippen molar-refractivity contribution in [3.8, 4) is 17.6 Å². The molecule has 1 heterocycles. The number of aryl methyl sites for hydroxylation is 1. The summed E-state index contributed by atoms with van der Waals surface area (Å²) < 4.78 is 0. The Labute approximate surface area is 76.4 Å². The zero-order valence-corrected chi connectivity index (χ0v) is 7.24. The third-order valence-corrected chi connectivity index (χ3v) is 1.41. The molecule has 1 rings (SSSR count). The smallest absolute Gasteiger partial charge is 0.155 e. The molecule has 0 atom stereocenters. The van der Waals surface area contributed by atoms with Gasteiger partial charge in [-0.3, -0.25) is 0 Å². The molecule has 3 nitrogen and oxygen atoms in total. The highest BCUT2D eigenvalue weighted by Gasteiger charge is 1.97. The molecule has 0 aliphatic heterocycles. The van der Waals surface area contributed by atoms with Crippen molar-refractivity contribution in [2.75, 3.05) is 0 Å². The molecule has 0 bridgehead atoms. The molecule has 0 radical (unpaired) electrons. The summed E-state index contributed by atoms with van der Waals surface area (Å²) in [6.45, 7) is 1.81. The highest BCUT2D eigenvalue weighted by atomic mass is 16.3. The molecular formula is C10H9NO2. The first-order valence-electron chi connectivity index (χ1n) is 3.83. The zero-order chi connectivity index (χ0) is 9.68. The lowest BCUT2D eigenvalue weighted by molar-refractivity contribution is -0.107. The summed E-state index contributed by atoms with van der Waals surface area (Å²) in [4.78, 5) is 14.0. The summed E-state index contributed by atoms with van der Waals surface area (Å²) in [5, 5.41) is 9.28. The van der Waals surface area contributed by atoms with E-state index in [-0.39, 0.29) is 12.2 Å². The van der Waals surface area contributed by atoms with Gasteiger partial charge in [0.15, 0.2) is 5.69 Å². The molecule has 3 heteroatoms. The van der Waals surface area contributed by atoms with Gasteiger partial charge in [0.2, 0.25) is 0 Å². The number of hydrogen-bond donors (Lipinski definition) is 1. The average Bonchev–Trinajstić information content (AvgIpc) is 2.11. The van der Waals surface area contributed by atoms with E-state index in [9.17, 15) is 9.90 Å². The van der Waals surface area contributed by atoms with E-state index in [1.807, 2.05) is 6.92 Å². The van der Waals surface area contributed by atoms with E-state index >= 15 is 0 Å². The van der Waals surface area contributed by atoms with Crippen molar-refractivity contribution in [3.05, 3.63) is 23.5 Å². The van der Waals surface area contributed by atoms with Gasteiger partial charge in [0, 0.05) is 5.69 Å². The van der Waals surface area contributed by atoms with Crippen LogP contribution in [0.5, 0.6) is 5.75 Å². The number of aromatic hydroxyl groups is 1. The van der Waals surface area contributed by atoms with Crippen LogP contribution >= 0.6 is 0 Å². The molecule has 0 unspecified atom stereocenters. The van der Waals surface area contributed by atoms with Crippen LogP contribution in [0.15, 0.2) is 12.1 Å². The summed E-state index contributed by atoms with van der Waals surface area (Å²) >= 11 is 0. The van der Waals surface area contributed by atoms with Gasteiger partial charge in [-0.05, 0) is 25.0 Å². The van der Waals surface area contributed by atoms with Crippen molar-refractivity contribution in [1.82, 2.24) is 4.98 Å². The Morgan fingerprint density at radius 3 is 3.08 bits per heavy atom. The third-order valence-electron chi connectivity index (χ3n) is 1.41. The van der Waals surface area contributed by atoms with Gasteiger partial charge in [-0.2, -0.15) is 0 Å². The summed E-state index contributed by atoms with van der Waals surface area (Å²) in [6, 6.07) is 3.23. The number of nitrogens with zero attached hydrogens (tertiary/aromatic N) is 1. The lowest BCUT2D eigenvalue weighted by atomic mass is 10.3. The number of hydrogen-bond acceptors (Lipinski definition) is 3. The summed E-state index contributed by atoms with van der Waals surface area (Å²) in [5.41, 5.74) is 1.11. The molecule has 0 saturated heterocycles. The van der Waals surface area contributed by atoms with Crippen LogP contribution in [0.1, 0.15) is 17.8 Å². The molecule has 0 spiro atoms. The maximum absolute atomic E-state index is 9.96. The van der Waals surface area contributed by atoms with Crippen molar-refractivity contribution >= 4 is 6.29 Å². The lowest BCUT2D eigenvalue weighted by Gasteiger charge is -1.96. The van der Waals surface area contributed by atoms with Gasteiger partial charge < -0.3 is 9.90 Å². The first-order valence-corrected chi connectivity index (χ1v) is 3.83. The maximum atomic E-state index is 9.96. The van der Waals surface area contributed by atoms with Gasteiger partial charge in [-0.15, -0.1) is 0 Å². The first-order chi connectivity index (χ1) is 6.24. The SMILES string of the molecule is Cc1ccc(O)c(C#CCC=O)n1. The highest BCUT2D eigenvalue weighted by Crippen LogP contribution is 2.12. The second-order valence-electron chi connectivity index (χ2n) is 2.49. The standard InChI is InChI=1S/C10H9NO2/c1-8-5-6-10(13)9(11-8)4-2-3-7-12/h5-7,13H,3H2,1H3. The maximum Gasteiger partial charge on any atom is 0.155 e. The third kappa shape index (κ3) is 2.60. The lowest BCUT2D eigenvalue weighted by Crippen LogP contribution is -1.86. The van der Waals surface area contributed by atoms with Crippen molar-refractivity contribution in [2.24, 2.45) is 0 Å².